The van der Waals surface area contributed by atoms with Crippen LogP contribution in [-0.4, -0.2) is 35.6 Å². The number of nitrogens with zero attached hydrogens (tertiary/aromatic N) is 1. The zero-order valence-corrected chi connectivity index (χ0v) is 18.4. The van der Waals surface area contributed by atoms with Crippen LogP contribution in [0.3, 0.4) is 0 Å². The van der Waals surface area contributed by atoms with E-state index in [1.165, 1.54) is 6.08 Å². The molecule has 164 valence electrons. The molecule has 0 atom stereocenters. The number of hydrogen-bond donors (Lipinski definition) is 2. The number of aromatic amines is 1. The van der Waals surface area contributed by atoms with Gasteiger partial charge in [0.05, 0.1) is 30.6 Å². The predicted molar refractivity (Wildman–Crippen MR) is 128 cm³/mol. The Kier molecular flexibility index (Phi) is 6.70. The number of nitrogens with one attached hydrogen (secondary N) is 2. The van der Waals surface area contributed by atoms with Crippen LogP contribution < -0.4 is 14.8 Å². The first kappa shape index (κ1) is 21.4. The number of pyridine rings is 1. The van der Waals surface area contributed by atoms with Crippen molar-refractivity contribution in [2.45, 2.75) is 20.3 Å². The number of H-pyrrole nitrogens is 1. The topological polar surface area (TPSA) is 76.2 Å². The number of fused-ring (bicyclic) bond motifs is 3. The van der Waals surface area contributed by atoms with E-state index in [2.05, 4.69) is 21.4 Å². The van der Waals surface area contributed by atoms with Gasteiger partial charge >= 0.3 is 0 Å². The molecule has 2 N–H and O–H groups in total. The average molecular weight is 430 g/mol. The summed E-state index contributed by atoms with van der Waals surface area (Å²) < 4.78 is 11.3. The largest absolute Gasteiger partial charge is 0.490 e. The van der Waals surface area contributed by atoms with E-state index in [1.807, 2.05) is 56.3 Å². The fourth-order valence-electron chi connectivity index (χ4n) is 3.66. The molecular weight excluding hydrogens is 402 g/mol. The number of para-hydroxylation sites is 1. The third-order valence-electron chi connectivity index (χ3n) is 5.14. The van der Waals surface area contributed by atoms with Gasteiger partial charge in [0, 0.05) is 28.9 Å². The van der Waals surface area contributed by atoms with E-state index < -0.39 is 0 Å². The Morgan fingerprint density at radius 3 is 2.66 bits per heavy atom. The minimum Gasteiger partial charge on any atom is -0.490 e. The highest BCUT2D eigenvalue weighted by molar-refractivity contribution is 6.07. The van der Waals surface area contributed by atoms with Crippen molar-refractivity contribution in [2.24, 2.45) is 0 Å². The van der Waals surface area contributed by atoms with Gasteiger partial charge in [-0.1, -0.05) is 24.3 Å². The van der Waals surface area contributed by atoms with Gasteiger partial charge in [-0.15, -0.1) is 0 Å². The highest BCUT2D eigenvalue weighted by Gasteiger charge is 2.07. The molecule has 2 aromatic carbocycles. The van der Waals surface area contributed by atoms with E-state index in [-0.39, 0.29) is 5.91 Å². The molecule has 2 aromatic heterocycles. The molecule has 0 aliphatic rings. The van der Waals surface area contributed by atoms with Crippen LogP contribution in [0.15, 0.2) is 60.8 Å². The fourth-order valence-corrected chi connectivity index (χ4v) is 3.66. The van der Waals surface area contributed by atoms with E-state index in [0.717, 1.165) is 44.6 Å². The maximum absolute atomic E-state index is 12.3. The summed E-state index contributed by atoms with van der Waals surface area (Å²) in [6.07, 6.45) is 5.76. The summed E-state index contributed by atoms with van der Waals surface area (Å²) in [6.45, 7) is 5.58. The minimum atomic E-state index is -0.151. The molecule has 0 fully saturated rings. The molecule has 0 saturated heterocycles. The smallest absolute Gasteiger partial charge is 0.244 e. The molecule has 0 aliphatic carbocycles. The van der Waals surface area contributed by atoms with E-state index in [4.69, 9.17) is 9.47 Å². The average Bonchev–Trinajstić information content (AvgIpc) is 3.18. The first-order valence-corrected chi connectivity index (χ1v) is 10.9. The second-order valence-corrected chi connectivity index (χ2v) is 7.35. The van der Waals surface area contributed by atoms with Crippen molar-refractivity contribution in [1.82, 2.24) is 15.3 Å². The Balaban J connectivity index is 1.36. The Hall–Kier alpha value is -3.80. The Bertz CT molecular complexity index is 1260. The number of ether oxygens (including phenoxy) is 2. The van der Waals surface area contributed by atoms with Crippen LogP contribution in [0.4, 0.5) is 0 Å². The highest BCUT2D eigenvalue weighted by Crippen LogP contribution is 2.28. The quantitative estimate of drug-likeness (QED) is 0.372. The van der Waals surface area contributed by atoms with Crippen molar-refractivity contribution < 1.29 is 14.3 Å². The molecular formula is C26H27N3O3. The summed E-state index contributed by atoms with van der Waals surface area (Å²) in [4.78, 5) is 20.0. The summed E-state index contributed by atoms with van der Waals surface area (Å²) in [6, 6.07) is 16.0. The molecule has 0 aliphatic heterocycles. The lowest BCUT2D eigenvalue weighted by Crippen LogP contribution is -2.23. The first-order valence-electron chi connectivity index (χ1n) is 10.9. The summed E-state index contributed by atoms with van der Waals surface area (Å²) in [5.74, 6) is 1.32. The van der Waals surface area contributed by atoms with Gasteiger partial charge in [-0.25, -0.2) is 0 Å². The Morgan fingerprint density at radius 1 is 1.00 bits per heavy atom. The van der Waals surface area contributed by atoms with Crippen molar-refractivity contribution in [3.63, 3.8) is 0 Å². The van der Waals surface area contributed by atoms with Crippen LogP contribution in [-0.2, 0) is 11.2 Å². The van der Waals surface area contributed by atoms with Crippen LogP contribution in [0, 0.1) is 0 Å². The van der Waals surface area contributed by atoms with E-state index in [1.54, 1.807) is 12.3 Å². The summed E-state index contributed by atoms with van der Waals surface area (Å²) in [5.41, 5.74) is 3.87. The highest BCUT2D eigenvalue weighted by atomic mass is 16.5. The van der Waals surface area contributed by atoms with Crippen LogP contribution in [0.25, 0.3) is 27.9 Å². The van der Waals surface area contributed by atoms with Crippen molar-refractivity contribution in [2.75, 3.05) is 19.8 Å². The molecule has 6 nitrogen and oxygen atoms in total. The summed E-state index contributed by atoms with van der Waals surface area (Å²) in [7, 11) is 0. The SMILES string of the molecule is CCOc1ccc(CCNC(=O)/C=C/c2cc3c(cn2)[nH]c2ccccc23)cc1OCC. The molecule has 32 heavy (non-hydrogen) atoms. The number of rotatable bonds is 9. The molecule has 0 saturated carbocycles. The lowest BCUT2D eigenvalue weighted by atomic mass is 10.1. The summed E-state index contributed by atoms with van der Waals surface area (Å²) >= 11 is 0. The lowest BCUT2D eigenvalue weighted by Gasteiger charge is -2.12. The number of amides is 1. The Morgan fingerprint density at radius 2 is 1.81 bits per heavy atom. The Labute approximate surface area is 187 Å². The summed E-state index contributed by atoms with van der Waals surface area (Å²) in [5, 5.41) is 5.16. The van der Waals surface area contributed by atoms with E-state index in [9.17, 15) is 4.79 Å². The van der Waals surface area contributed by atoms with Gasteiger partial charge in [-0.05, 0) is 56.2 Å². The maximum Gasteiger partial charge on any atom is 0.244 e. The van der Waals surface area contributed by atoms with Crippen LogP contribution in [0.5, 0.6) is 11.5 Å². The van der Waals surface area contributed by atoms with E-state index >= 15 is 0 Å². The van der Waals surface area contributed by atoms with Crippen LogP contribution in [0.2, 0.25) is 0 Å². The monoisotopic (exact) mass is 429 g/mol. The third kappa shape index (κ3) is 4.91. The first-order chi connectivity index (χ1) is 15.7. The minimum absolute atomic E-state index is 0.151. The van der Waals surface area contributed by atoms with Crippen molar-refractivity contribution in [3.8, 4) is 11.5 Å². The third-order valence-corrected chi connectivity index (χ3v) is 5.14. The second kappa shape index (κ2) is 10.0. The van der Waals surface area contributed by atoms with Crippen LogP contribution >= 0.6 is 0 Å². The zero-order chi connectivity index (χ0) is 22.3. The van der Waals surface area contributed by atoms with Gasteiger partial charge in [0.1, 0.15) is 0 Å². The zero-order valence-electron chi connectivity index (χ0n) is 18.4. The molecule has 4 aromatic rings. The lowest BCUT2D eigenvalue weighted by molar-refractivity contribution is -0.116. The normalized spacial score (nSPS) is 11.3. The molecule has 6 heteroatoms. The molecule has 0 bridgehead atoms. The number of hydrogen-bond acceptors (Lipinski definition) is 4. The van der Waals surface area contributed by atoms with Crippen LogP contribution in [0.1, 0.15) is 25.1 Å². The molecule has 4 rings (SSSR count). The van der Waals surface area contributed by atoms with Gasteiger partial charge in [0.15, 0.2) is 11.5 Å². The predicted octanol–water partition coefficient (Wildman–Crippen LogP) is 4.89. The molecule has 0 spiro atoms. The van der Waals surface area contributed by atoms with Gasteiger partial charge in [0.25, 0.3) is 0 Å². The number of aromatic nitrogens is 2. The van der Waals surface area contributed by atoms with Gasteiger partial charge < -0.3 is 19.8 Å². The van der Waals surface area contributed by atoms with E-state index in [0.29, 0.717) is 26.2 Å². The number of carbonyl (C=O) groups is 1. The van der Waals surface area contributed by atoms with Gasteiger partial charge in [0.2, 0.25) is 5.91 Å². The van der Waals surface area contributed by atoms with Gasteiger partial charge in [-0.2, -0.15) is 0 Å². The fraction of sp³-hybridized carbons (Fsp3) is 0.231. The number of carbonyl (C=O) groups excluding carboxylic acids is 1. The molecule has 0 radical (unpaired) electrons. The van der Waals surface area contributed by atoms with Crippen molar-refractivity contribution >= 4 is 33.8 Å². The van der Waals surface area contributed by atoms with Crippen molar-refractivity contribution in [3.05, 3.63) is 72.1 Å². The van der Waals surface area contributed by atoms with Gasteiger partial charge in [-0.3, -0.25) is 9.78 Å². The standard InChI is InChI=1S/C26H27N3O3/c1-3-31-24-11-9-18(15-25(24)32-4-2)13-14-27-26(30)12-10-19-16-21-20-7-5-6-8-22(20)29-23(21)17-28-19/h5-12,15-17,29H,3-4,13-14H2,1-2H3,(H,27,30)/b12-10+. The molecule has 1 amide bonds. The molecule has 0 unspecified atom stereocenters. The van der Waals surface area contributed by atoms with Crippen molar-refractivity contribution in [1.29, 1.82) is 0 Å². The molecule has 2 heterocycles. The second-order valence-electron chi connectivity index (χ2n) is 7.35. The maximum atomic E-state index is 12.3. The number of benzene rings is 2.